The molecule has 1 saturated carbocycles. The number of ether oxygens (including phenoxy) is 1. The molecule has 1 aliphatic rings. The van der Waals surface area contributed by atoms with Crippen LogP contribution in [0.1, 0.15) is 97.8 Å². The molecule has 2 nitrogen and oxygen atoms in total. The molecule has 0 spiro atoms. The Bertz CT molecular complexity index is 345. The first-order chi connectivity index (χ1) is 11.5. The van der Waals surface area contributed by atoms with Crippen LogP contribution >= 0.6 is 15.9 Å². The van der Waals surface area contributed by atoms with Crippen molar-refractivity contribution >= 4 is 21.9 Å². The summed E-state index contributed by atoms with van der Waals surface area (Å²) in [5.74, 6) is 1.57. The highest BCUT2D eigenvalue weighted by Crippen LogP contribution is 2.45. The van der Waals surface area contributed by atoms with Gasteiger partial charge in [-0.05, 0) is 49.4 Å². The van der Waals surface area contributed by atoms with Crippen LogP contribution in [0, 0.1) is 17.3 Å². The minimum absolute atomic E-state index is 0.0288. The Kier molecular flexibility index (Phi) is 11.3. The molecule has 0 radical (unpaired) electrons. The van der Waals surface area contributed by atoms with Crippen molar-refractivity contribution in [2.75, 3.05) is 11.9 Å². The van der Waals surface area contributed by atoms with Crippen LogP contribution < -0.4 is 0 Å². The van der Waals surface area contributed by atoms with Crippen molar-refractivity contribution < 1.29 is 9.53 Å². The molecule has 0 aromatic carbocycles. The molecule has 0 bridgehead atoms. The Balaban J connectivity index is 2.18. The lowest BCUT2D eigenvalue weighted by Crippen LogP contribution is -2.32. The molecule has 0 aromatic heterocycles. The van der Waals surface area contributed by atoms with Gasteiger partial charge in [0.2, 0.25) is 0 Å². The highest BCUT2D eigenvalue weighted by Gasteiger charge is 2.37. The van der Waals surface area contributed by atoms with E-state index in [4.69, 9.17) is 4.74 Å². The third-order valence-corrected chi connectivity index (χ3v) is 5.98. The van der Waals surface area contributed by atoms with Crippen molar-refractivity contribution in [1.82, 2.24) is 0 Å². The lowest BCUT2D eigenvalue weighted by Gasteiger charge is -2.41. The van der Waals surface area contributed by atoms with Gasteiger partial charge in [-0.3, -0.25) is 4.79 Å². The molecular weight excluding hydrogens is 364 g/mol. The van der Waals surface area contributed by atoms with Crippen LogP contribution in [0.4, 0.5) is 0 Å². The zero-order valence-electron chi connectivity index (χ0n) is 16.2. The smallest absolute Gasteiger partial charge is 0.306 e. The quantitative estimate of drug-likeness (QED) is 0.201. The Morgan fingerprint density at radius 2 is 1.79 bits per heavy atom. The predicted octanol–water partition coefficient (Wildman–Crippen LogP) is 6.90. The SMILES string of the molecule is CCCC1CC(C)CC(C)(CC(=O)OCCCCCCCCBr)C1. The lowest BCUT2D eigenvalue weighted by molar-refractivity contribution is -0.147. The molecule has 3 unspecified atom stereocenters. The van der Waals surface area contributed by atoms with Gasteiger partial charge >= 0.3 is 5.97 Å². The summed E-state index contributed by atoms with van der Waals surface area (Å²) < 4.78 is 5.52. The molecule has 0 heterocycles. The van der Waals surface area contributed by atoms with Crippen LogP contribution in [-0.4, -0.2) is 17.9 Å². The highest BCUT2D eigenvalue weighted by molar-refractivity contribution is 9.09. The van der Waals surface area contributed by atoms with Crippen LogP contribution in [0.3, 0.4) is 0 Å². The first-order valence-corrected chi connectivity index (χ1v) is 11.3. The zero-order valence-corrected chi connectivity index (χ0v) is 17.8. The van der Waals surface area contributed by atoms with E-state index in [9.17, 15) is 4.79 Å². The monoisotopic (exact) mass is 402 g/mol. The van der Waals surface area contributed by atoms with Crippen molar-refractivity contribution in [1.29, 1.82) is 0 Å². The Morgan fingerprint density at radius 1 is 1.12 bits per heavy atom. The topological polar surface area (TPSA) is 26.3 Å². The van der Waals surface area contributed by atoms with Gasteiger partial charge in [-0.25, -0.2) is 0 Å². The van der Waals surface area contributed by atoms with Crippen molar-refractivity contribution in [2.24, 2.45) is 17.3 Å². The van der Waals surface area contributed by atoms with Gasteiger partial charge in [0, 0.05) is 5.33 Å². The minimum Gasteiger partial charge on any atom is -0.466 e. The first kappa shape index (κ1) is 22.0. The van der Waals surface area contributed by atoms with E-state index in [0.29, 0.717) is 13.0 Å². The van der Waals surface area contributed by atoms with E-state index in [0.717, 1.165) is 23.6 Å². The van der Waals surface area contributed by atoms with E-state index in [1.54, 1.807) is 0 Å². The second kappa shape index (κ2) is 12.3. The molecule has 1 aliphatic carbocycles. The van der Waals surface area contributed by atoms with Gasteiger partial charge in [0.25, 0.3) is 0 Å². The number of carbonyl (C=O) groups is 1. The van der Waals surface area contributed by atoms with Gasteiger partial charge < -0.3 is 4.74 Å². The lowest BCUT2D eigenvalue weighted by atomic mass is 9.64. The number of carbonyl (C=O) groups excluding carboxylic acids is 1. The van der Waals surface area contributed by atoms with Gasteiger partial charge in [-0.2, -0.15) is 0 Å². The molecule has 1 rings (SSSR count). The van der Waals surface area contributed by atoms with Crippen LogP contribution in [0.2, 0.25) is 0 Å². The Morgan fingerprint density at radius 3 is 2.46 bits per heavy atom. The first-order valence-electron chi connectivity index (χ1n) is 10.2. The summed E-state index contributed by atoms with van der Waals surface area (Å²) >= 11 is 3.46. The number of alkyl halides is 1. The van der Waals surface area contributed by atoms with Crippen LogP contribution in [-0.2, 0) is 9.53 Å². The van der Waals surface area contributed by atoms with E-state index >= 15 is 0 Å². The second-order valence-corrected chi connectivity index (χ2v) is 9.22. The third-order valence-electron chi connectivity index (χ3n) is 5.42. The molecule has 24 heavy (non-hydrogen) atoms. The van der Waals surface area contributed by atoms with Gasteiger partial charge in [0.15, 0.2) is 0 Å². The molecule has 1 fully saturated rings. The molecule has 3 atom stereocenters. The molecule has 0 N–H and O–H groups in total. The second-order valence-electron chi connectivity index (χ2n) is 8.42. The molecule has 3 heteroatoms. The summed E-state index contributed by atoms with van der Waals surface area (Å²) in [5.41, 5.74) is 0.157. The van der Waals surface area contributed by atoms with E-state index in [1.165, 1.54) is 64.2 Å². The fourth-order valence-electron chi connectivity index (χ4n) is 4.62. The molecule has 0 saturated heterocycles. The number of unbranched alkanes of at least 4 members (excludes halogenated alkanes) is 5. The molecular formula is C21H39BrO2. The van der Waals surface area contributed by atoms with Gasteiger partial charge in [0.1, 0.15) is 0 Å². The summed E-state index contributed by atoms with van der Waals surface area (Å²) in [4.78, 5) is 12.2. The van der Waals surface area contributed by atoms with E-state index in [1.807, 2.05) is 0 Å². The molecule has 0 aliphatic heterocycles. The molecule has 142 valence electrons. The normalized spacial score (nSPS) is 27.2. The predicted molar refractivity (Wildman–Crippen MR) is 107 cm³/mol. The zero-order chi connectivity index (χ0) is 17.8. The molecule has 0 aromatic rings. The maximum atomic E-state index is 12.2. The minimum atomic E-state index is 0.0288. The fraction of sp³-hybridized carbons (Fsp3) is 0.952. The average molecular weight is 403 g/mol. The number of rotatable bonds is 12. The maximum Gasteiger partial charge on any atom is 0.306 e. The summed E-state index contributed by atoms with van der Waals surface area (Å²) in [6, 6.07) is 0. The highest BCUT2D eigenvalue weighted by atomic mass is 79.9. The summed E-state index contributed by atoms with van der Waals surface area (Å²) in [5, 5.41) is 1.11. The standard InChI is InChI=1S/C21H39BrO2/c1-4-11-19-14-18(2)15-21(3,16-19)17-20(23)24-13-10-8-6-5-7-9-12-22/h18-19H,4-17H2,1-3H3. The number of hydrogen-bond acceptors (Lipinski definition) is 2. The fourth-order valence-corrected chi connectivity index (χ4v) is 5.02. The van der Waals surface area contributed by atoms with Gasteiger partial charge in [-0.1, -0.05) is 75.2 Å². The number of hydrogen-bond donors (Lipinski definition) is 0. The van der Waals surface area contributed by atoms with Crippen molar-refractivity contribution in [2.45, 2.75) is 97.8 Å². The number of halogens is 1. The molecule has 0 amide bonds. The largest absolute Gasteiger partial charge is 0.466 e. The summed E-state index contributed by atoms with van der Waals surface area (Å²) in [7, 11) is 0. The summed E-state index contributed by atoms with van der Waals surface area (Å²) in [6.45, 7) is 7.53. The maximum absolute atomic E-state index is 12.2. The van der Waals surface area contributed by atoms with Crippen LogP contribution in [0.5, 0.6) is 0 Å². The van der Waals surface area contributed by atoms with Crippen LogP contribution in [0.15, 0.2) is 0 Å². The van der Waals surface area contributed by atoms with Crippen molar-refractivity contribution in [3.63, 3.8) is 0 Å². The van der Waals surface area contributed by atoms with Crippen LogP contribution in [0.25, 0.3) is 0 Å². The van der Waals surface area contributed by atoms with Crippen molar-refractivity contribution in [3.8, 4) is 0 Å². The Hall–Kier alpha value is -0.0500. The summed E-state index contributed by atoms with van der Waals surface area (Å²) in [6.07, 6.45) is 14.2. The van der Waals surface area contributed by atoms with Gasteiger partial charge in [-0.15, -0.1) is 0 Å². The van der Waals surface area contributed by atoms with Gasteiger partial charge in [0.05, 0.1) is 13.0 Å². The average Bonchev–Trinajstić information content (AvgIpc) is 2.48. The third kappa shape index (κ3) is 9.44. The van der Waals surface area contributed by atoms with Crippen molar-refractivity contribution in [3.05, 3.63) is 0 Å². The van der Waals surface area contributed by atoms with E-state index < -0.39 is 0 Å². The van der Waals surface area contributed by atoms with E-state index in [-0.39, 0.29) is 11.4 Å². The van der Waals surface area contributed by atoms with E-state index in [2.05, 4.69) is 36.7 Å². The number of esters is 1. The Labute approximate surface area is 158 Å².